The Hall–Kier alpha value is -2.04. The number of carbonyl (C=O) groups excluding carboxylic acids is 2. The van der Waals surface area contributed by atoms with Crippen LogP contribution >= 0.6 is 0 Å². The summed E-state index contributed by atoms with van der Waals surface area (Å²) in [6.07, 6.45) is 0.525. The van der Waals surface area contributed by atoms with E-state index in [2.05, 4.69) is 0 Å². The monoisotopic (exact) mass is 317 g/mol. The van der Waals surface area contributed by atoms with Gasteiger partial charge in [0.1, 0.15) is 0 Å². The fourth-order valence-electron chi connectivity index (χ4n) is 2.98. The summed E-state index contributed by atoms with van der Waals surface area (Å²) < 4.78 is 0. The fraction of sp³-hybridized carbons (Fsp3) is 0.556. The number of carbonyl (C=O) groups is 2. The van der Waals surface area contributed by atoms with Gasteiger partial charge >= 0.3 is 6.03 Å². The molecule has 1 aliphatic rings. The van der Waals surface area contributed by atoms with Crippen LogP contribution < -0.4 is 0 Å². The van der Waals surface area contributed by atoms with E-state index >= 15 is 0 Å². The van der Waals surface area contributed by atoms with Crippen LogP contribution in [0, 0.1) is 5.92 Å². The molecule has 0 N–H and O–H groups in total. The maximum atomic E-state index is 12.3. The van der Waals surface area contributed by atoms with Gasteiger partial charge in [-0.3, -0.25) is 4.79 Å². The second-order valence-electron chi connectivity index (χ2n) is 6.75. The fourth-order valence-corrected chi connectivity index (χ4v) is 2.98. The average Bonchev–Trinajstić information content (AvgIpc) is 2.84. The first-order valence-corrected chi connectivity index (χ1v) is 8.18. The average molecular weight is 317 g/mol. The van der Waals surface area contributed by atoms with Crippen molar-refractivity contribution in [3.05, 3.63) is 35.9 Å². The Morgan fingerprint density at radius 2 is 1.91 bits per heavy atom. The third-order valence-electron chi connectivity index (χ3n) is 4.22. The molecule has 1 fully saturated rings. The molecule has 1 atom stereocenters. The van der Waals surface area contributed by atoms with Gasteiger partial charge in [-0.1, -0.05) is 30.3 Å². The number of amides is 3. The lowest BCUT2D eigenvalue weighted by molar-refractivity contribution is -0.128. The van der Waals surface area contributed by atoms with Crippen molar-refractivity contribution in [1.82, 2.24) is 14.7 Å². The van der Waals surface area contributed by atoms with Crippen molar-refractivity contribution < 1.29 is 9.59 Å². The van der Waals surface area contributed by atoms with Gasteiger partial charge in [-0.2, -0.15) is 0 Å². The van der Waals surface area contributed by atoms with E-state index in [1.54, 1.807) is 19.0 Å². The summed E-state index contributed by atoms with van der Waals surface area (Å²) in [6, 6.07) is 10.2. The second-order valence-corrected chi connectivity index (χ2v) is 6.75. The molecule has 1 aliphatic heterocycles. The van der Waals surface area contributed by atoms with Crippen LogP contribution in [-0.2, 0) is 11.3 Å². The predicted octanol–water partition coefficient (Wildman–Crippen LogP) is 2.43. The number of hydrogen-bond donors (Lipinski definition) is 0. The summed E-state index contributed by atoms with van der Waals surface area (Å²) in [4.78, 5) is 29.9. The minimum absolute atomic E-state index is 0.00829. The number of benzene rings is 1. The summed E-state index contributed by atoms with van der Waals surface area (Å²) in [6.45, 7) is 6.03. The van der Waals surface area contributed by atoms with Gasteiger partial charge in [-0.15, -0.1) is 0 Å². The molecule has 1 aromatic carbocycles. The van der Waals surface area contributed by atoms with Crippen LogP contribution in [0.1, 0.15) is 25.8 Å². The third kappa shape index (κ3) is 4.47. The molecule has 1 aromatic rings. The van der Waals surface area contributed by atoms with Crippen LogP contribution in [0.2, 0.25) is 0 Å². The highest BCUT2D eigenvalue weighted by Crippen LogP contribution is 2.22. The van der Waals surface area contributed by atoms with Crippen molar-refractivity contribution in [2.45, 2.75) is 32.9 Å². The summed E-state index contributed by atoms with van der Waals surface area (Å²) >= 11 is 0. The van der Waals surface area contributed by atoms with E-state index in [0.29, 0.717) is 19.5 Å². The molecule has 126 valence electrons. The summed E-state index contributed by atoms with van der Waals surface area (Å²) in [5.74, 6) is 0.386. The van der Waals surface area contributed by atoms with Crippen molar-refractivity contribution in [2.75, 3.05) is 27.2 Å². The van der Waals surface area contributed by atoms with E-state index in [1.165, 1.54) is 0 Å². The second kappa shape index (κ2) is 7.49. The van der Waals surface area contributed by atoms with Crippen LogP contribution in [0.25, 0.3) is 0 Å². The molecule has 23 heavy (non-hydrogen) atoms. The van der Waals surface area contributed by atoms with E-state index in [0.717, 1.165) is 12.1 Å². The molecule has 3 amide bonds. The molecule has 1 heterocycles. The highest BCUT2D eigenvalue weighted by atomic mass is 16.2. The van der Waals surface area contributed by atoms with Crippen molar-refractivity contribution in [1.29, 1.82) is 0 Å². The van der Waals surface area contributed by atoms with Crippen LogP contribution in [0.15, 0.2) is 30.3 Å². The van der Waals surface area contributed by atoms with E-state index < -0.39 is 0 Å². The largest absolute Gasteiger partial charge is 0.338 e. The lowest BCUT2D eigenvalue weighted by Gasteiger charge is -2.31. The van der Waals surface area contributed by atoms with Gasteiger partial charge in [0.05, 0.1) is 0 Å². The quantitative estimate of drug-likeness (QED) is 0.837. The van der Waals surface area contributed by atoms with Gasteiger partial charge in [0.15, 0.2) is 0 Å². The molecule has 0 radical (unpaired) electrons. The molecule has 0 bridgehead atoms. The standard InChI is InChI=1S/C18H27N3O2/c1-14(2)21(18(23)19(3)4)13-16-10-17(22)20(12-16)11-15-8-6-5-7-9-15/h5-9,14,16H,10-13H2,1-4H3. The zero-order valence-electron chi connectivity index (χ0n) is 14.5. The number of hydrogen-bond acceptors (Lipinski definition) is 2. The first-order chi connectivity index (χ1) is 10.9. The summed E-state index contributed by atoms with van der Waals surface area (Å²) in [5, 5.41) is 0. The SMILES string of the molecule is CC(C)N(CC1CC(=O)N(Cc2ccccc2)C1)C(=O)N(C)C. The third-order valence-corrected chi connectivity index (χ3v) is 4.22. The molecular formula is C18H27N3O2. The summed E-state index contributed by atoms with van der Waals surface area (Å²) in [7, 11) is 3.53. The van der Waals surface area contributed by atoms with Crippen LogP contribution in [0.5, 0.6) is 0 Å². The van der Waals surface area contributed by atoms with Crippen molar-refractivity contribution >= 4 is 11.9 Å². The number of nitrogens with zero attached hydrogens (tertiary/aromatic N) is 3. The Balaban J connectivity index is 1.97. The molecule has 0 aromatic heterocycles. The van der Waals surface area contributed by atoms with Crippen LogP contribution in [0.4, 0.5) is 4.79 Å². The maximum absolute atomic E-state index is 12.3. The maximum Gasteiger partial charge on any atom is 0.319 e. The Kier molecular flexibility index (Phi) is 5.64. The summed E-state index contributed by atoms with van der Waals surface area (Å²) in [5.41, 5.74) is 1.14. The topological polar surface area (TPSA) is 43.9 Å². The Morgan fingerprint density at radius 1 is 1.26 bits per heavy atom. The zero-order valence-corrected chi connectivity index (χ0v) is 14.5. The van der Waals surface area contributed by atoms with Crippen LogP contribution in [0.3, 0.4) is 0 Å². The minimum Gasteiger partial charge on any atom is -0.338 e. The van der Waals surface area contributed by atoms with Gasteiger partial charge in [0.25, 0.3) is 0 Å². The highest BCUT2D eigenvalue weighted by Gasteiger charge is 2.32. The molecule has 0 spiro atoms. The van der Waals surface area contributed by atoms with Gasteiger partial charge in [0.2, 0.25) is 5.91 Å². The van der Waals surface area contributed by atoms with Gasteiger partial charge < -0.3 is 14.7 Å². The normalized spacial score (nSPS) is 17.7. The molecule has 5 heteroatoms. The van der Waals surface area contributed by atoms with Crippen molar-refractivity contribution in [3.8, 4) is 0 Å². The van der Waals surface area contributed by atoms with Gasteiger partial charge in [-0.25, -0.2) is 4.79 Å². The van der Waals surface area contributed by atoms with Crippen LogP contribution in [-0.4, -0.2) is 59.9 Å². The molecule has 1 saturated heterocycles. The minimum atomic E-state index is 0.00829. The molecule has 0 aliphatic carbocycles. The molecule has 5 nitrogen and oxygen atoms in total. The smallest absolute Gasteiger partial charge is 0.319 e. The van der Waals surface area contributed by atoms with Crippen molar-refractivity contribution in [2.24, 2.45) is 5.92 Å². The van der Waals surface area contributed by atoms with Crippen molar-refractivity contribution in [3.63, 3.8) is 0 Å². The first kappa shape index (κ1) is 17.3. The van der Waals surface area contributed by atoms with E-state index in [9.17, 15) is 9.59 Å². The Labute approximate surface area is 138 Å². The lowest BCUT2D eigenvalue weighted by atomic mass is 10.1. The molecule has 1 unspecified atom stereocenters. The molecule has 0 saturated carbocycles. The number of urea groups is 1. The predicted molar refractivity (Wildman–Crippen MR) is 90.9 cm³/mol. The number of rotatable bonds is 5. The van der Waals surface area contributed by atoms with E-state index in [-0.39, 0.29) is 23.9 Å². The van der Waals surface area contributed by atoms with Gasteiger partial charge in [0, 0.05) is 52.1 Å². The molecular weight excluding hydrogens is 290 g/mol. The zero-order chi connectivity index (χ0) is 17.0. The van der Waals surface area contributed by atoms with E-state index in [1.807, 2.05) is 54.0 Å². The number of likely N-dealkylation sites (tertiary alicyclic amines) is 1. The Morgan fingerprint density at radius 3 is 2.48 bits per heavy atom. The van der Waals surface area contributed by atoms with E-state index in [4.69, 9.17) is 0 Å². The highest BCUT2D eigenvalue weighted by molar-refractivity contribution is 5.79. The lowest BCUT2D eigenvalue weighted by Crippen LogP contribution is -2.46. The Bertz CT molecular complexity index is 542. The molecule has 2 rings (SSSR count). The first-order valence-electron chi connectivity index (χ1n) is 8.18. The van der Waals surface area contributed by atoms with Gasteiger partial charge in [-0.05, 0) is 19.4 Å².